The van der Waals surface area contributed by atoms with E-state index in [1.807, 2.05) is 31.2 Å². The third-order valence-electron chi connectivity index (χ3n) is 5.42. The average Bonchev–Trinajstić information content (AvgIpc) is 3.17. The fourth-order valence-corrected chi connectivity index (χ4v) is 3.91. The van der Waals surface area contributed by atoms with Crippen LogP contribution >= 0.6 is 11.6 Å². The van der Waals surface area contributed by atoms with E-state index in [0.29, 0.717) is 12.5 Å². The van der Waals surface area contributed by atoms with Crippen LogP contribution in [0.1, 0.15) is 43.1 Å². The summed E-state index contributed by atoms with van der Waals surface area (Å²) in [5, 5.41) is 0.723. The number of piperazine rings is 1. The van der Waals surface area contributed by atoms with Gasteiger partial charge in [0.05, 0.1) is 12.7 Å². The fraction of sp³-hybridized carbons (Fsp3) is 0.545. The highest BCUT2D eigenvalue weighted by molar-refractivity contribution is 6.30. The van der Waals surface area contributed by atoms with Gasteiger partial charge in [-0.05, 0) is 19.1 Å². The van der Waals surface area contributed by atoms with E-state index < -0.39 is 0 Å². The molecule has 1 aromatic heterocycles. The number of halogens is 1. The van der Waals surface area contributed by atoms with Gasteiger partial charge in [-0.3, -0.25) is 4.90 Å². The smallest absolute Gasteiger partial charge is 0.184 e. The maximum atomic E-state index is 6.12. The van der Waals surface area contributed by atoms with E-state index in [1.54, 1.807) is 0 Å². The fourth-order valence-electron chi connectivity index (χ4n) is 3.78. The second kappa shape index (κ2) is 8.96. The van der Waals surface area contributed by atoms with Gasteiger partial charge in [-0.15, -0.1) is 0 Å². The van der Waals surface area contributed by atoms with Crippen molar-refractivity contribution >= 4 is 17.4 Å². The Labute approximate surface area is 177 Å². The summed E-state index contributed by atoms with van der Waals surface area (Å²) in [4.78, 5) is 14.2. The van der Waals surface area contributed by atoms with Gasteiger partial charge in [0.25, 0.3) is 0 Å². The quantitative estimate of drug-likeness (QED) is 0.739. The maximum absolute atomic E-state index is 6.12. The van der Waals surface area contributed by atoms with Crippen LogP contribution < -0.4 is 4.90 Å². The topological polar surface area (TPSA) is 50.7 Å². The molecule has 2 aromatic rings. The van der Waals surface area contributed by atoms with E-state index in [2.05, 4.69) is 34.7 Å². The predicted molar refractivity (Wildman–Crippen MR) is 115 cm³/mol. The standard InChI is InChI=1S/C22H29ClN4O2/c1-15(2)21-24-16(3)12-20(25-21)27-10-8-26(9-11-27)13-19-14-28-22(29-19)17-4-6-18(23)7-5-17/h4-7,12,15,19,22H,8-11,13-14H2,1-3H3/t19-,22-/m1/s1. The van der Waals surface area contributed by atoms with Crippen LogP contribution in [0.5, 0.6) is 0 Å². The molecule has 0 saturated carbocycles. The monoisotopic (exact) mass is 416 g/mol. The SMILES string of the molecule is Cc1cc(N2CCN(C[C@@H]3CO[C@@H](c4ccc(Cl)cc4)O3)CC2)nc(C(C)C)n1. The summed E-state index contributed by atoms with van der Waals surface area (Å²) >= 11 is 5.96. The molecule has 2 atom stereocenters. The third kappa shape index (κ3) is 5.07. The van der Waals surface area contributed by atoms with E-state index >= 15 is 0 Å². The number of hydrogen-bond acceptors (Lipinski definition) is 6. The van der Waals surface area contributed by atoms with Gasteiger partial charge in [0.15, 0.2) is 6.29 Å². The van der Waals surface area contributed by atoms with Gasteiger partial charge in [0.2, 0.25) is 0 Å². The predicted octanol–water partition coefficient (Wildman–Crippen LogP) is 3.80. The van der Waals surface area contributed by atoms with E-state index in [-0.39, 0.29) is 12.4 Å². The first-order valence-electron chi connectivity index (χ1n) is 10.3. The van der Waals surface area contributed by atoms with Crippen molar-refractivity contribution in [3.8, 4) is 0 Å². The molecule has 3 heterocycles. The van der Waals surface area contributed by atoms with Crippen LogP contribution in [0.15, 0.2) is 30.3 Å². The number of rotatable bonds is 5. The highest BCUT2D eigenvalue weighted by Crippen LogP contribution is 2.28. The molecule has 156 valence electrons. The number of ether oxygens (including phenoxy) is 2. The van der Waals surface area contributed by atoms with E-state index in [4.69, 9.17) is 26.1 Å². The highest BCUT2D eigenvalue weighted by Gasteiger charge is 2.30. The molecule has 6 nitrogen and oxygen atoms in total. The summed E-state index contributed by atoms with van der Waals surface area (Å²) in [5.41, 5.74) is 2.05. The Kier molecular flexibility index (Phi) is 6.35. The molecule has 0 N–H and O–H groups in total. The Bertz CT molecular complexity index is 822. The van der Waals surface area contributed by atoms with Gasteiger partial charge in [-0.2, -0.15) is 0 Å². The molecule has 7 heteroatoms. The first kappa shape index (κ1) is 20.5. The van der Waals surface area contributed by atoms with Crippen molar-refractivity contribution in [2.24, 2.45) is 0 Å². The van der Waals surface area contributed by atoms with Gasteiger partial charge in [-0.25, -0.2) is 9.97 Å². The van der Waals surface area contributed by atoms with Crippen molar-refractivity contribution in [1.29, 1.82) is 0 Å². The molecule has 1 aromatic carbocycles. The molecule has 0 aliphatic carbocycles. The molecule has 2 saturated heterocycles. The lowest BCUT2D eigenvalue weighted by Crippen LogP contribution is -2.49. The molecular formula is C22H29ClN4O2. The highest BCUT2D eigenvalue weighted by atomic mass is 35.5. The average molecular weight is 417 g/mol. The zero-order valence-corrected chi connectivity index (χ0v) is 18.1. The van der Waals surface area contributed by atoms with Crippen molar-refractivity contribution in [2.75, 3.05) is 44.2 Å². The van der Waals surface area contributed by atoms with E-state index in [9.17, 15) is 0 Å². The van der Waals surface area contributed by atoms with Crippen molar-refractivity contribution in [3.63, 3.8) is 0 Å². The Morgan fingerprint density at radius 1 is 1.10 bits per heavy atom. The number of aryl methyl sites for hydroxylation is 1. The Morgan fingerprint density at radius 3 is 2.52 bits per heavy atom. The largest absolute Gasteiger partial charge is 0.354 e. The molecule has 0 unspecified atom stereocenters. The summed E-state index contributed by atoms with van der Waals surface area (Å²) in [6.07, 6.45) is -0.201. The van der Waals surface area contributed by atoms with Crippen molar-refractivity contribution in [1.82, 2.24) is 14.9 Å². The minimum Gasteiger partial charge on any atom is -0.354 e. The Morgan fingerprint density at radius 2 is 1.83 bits per heavy atom. The summed E-state index contributed by atoms with van der Waals surface area (Å²) in [7, 11) is 0. The van der Waals surface area contributed by atoms with Crippen molar-refractivity contribution < 1.29 is 9.47 Å². The molecule has 29 heavy (non-hydrogen) atoms. The zero-order valence-electron chi connectivity index (χ0n) is 17.3. The first-order valence-corrected chi connectivity index (χ1v) is 10.7. The maximum Gasteiger partial charge on any atom is 0.184 e. The van der Waals surface area contributed by atoms with Gasteiger partial charge < -0.3 is 14.4 Å². The van der Waals surface area contributed by atoms with Gasteiger partial charge in [0.1, 0.15) is 11.6 Å². The van der Waals surface area contributed by atoms with Crippen molar-refractivity contribution in [2.45, 2.75) is 39.1 Å². The minimum atomic E-state index is -0.294. The van der Waals surface area contributed by atoms with E-state index in [1.165, 1.54) is 0 Å². The lowest BCUT2D eigenvalue weighted by molar-refractivity contribution is -0.0644. The van der Waals surface area contributed by atoms with Gasteiger partial charge >= 0.3 is 0 Å². The molecule has 0 amide bonds. The lowest BCUT2D eigenvalue weighted by Gasteiger charge is -2.36. The van der Waals surface area contributed by atoms with Gasteiger partial charge in [0, 0.05) is 61.0 Å². The van der Waals surface area contributed by atoms with Gasteiger partial charge in [-0.1, -0.05) is 37.6 Å². The van der Waals surface area contributed by atoms with Crippen LogP contribution in [0.3, 0.4) is 0 Å². The zero-order chi connectivity index (χ0) is 20.4. The summed E-state index contributed by atoms with van der Waals surface area (Å²) < 4.78 is 12.0. The Balaban J connectivity index is 1.29. The van der Waals surface area contributed by atoms with Crippen LogP contribution in [-0.4, -0.2) is 60.3 Å². The number of benzene rings is 1. The van der Waals surface area contributed by atoms with Crippen LogP contribution in [0.2, 0.25) is 5.02 Å². The van der Waals surface area contributed by atoms with E-state index in [0.717, 1.165) is 60.6 Å². The molecule has 2 aliphatic heterocycles. The number of nitrogens with zero attached hydrogens (tertiary/aromatic N) is 4. The van der Waals surface area contributed by atoms with Crippen LogP contribution in [0.25, 0.3) is 0 Å². The molecule has 2 aliphatic rings. The minimum absolute atomic E-state index is 0.0936. The molecular weight excluding hydrogens is 388 g/mol. The second-order valence-corrected chi connectivity index (χ2v) is 8.58. The number of aromatic nitrogens is 2. The summed E-state index contributed by atoms with van der Waals surface area (Å²) in [5.74, 6) is 2.30. The van der Waals surface area contributed by atoms with Crippen LogP contribution in [-0.2, 0) is 9.47 Å². The normalized spacial score (nSPS) is 23.1. The summed E-state index contributed by atoms with van der Waals surface area (Å²) in [6, 6.07) is 9.75. The molecule has 0 radical (unpaired) electrons. The third-order valence-corrected chi connectivity index (χ3v) is 5.68. The van der Waals surface area contributed by atoms with Crippen molar-refractivity contribution in [3.05, 3.63) is 52.4 Å². The number of anilines is 1. The molecule has 2 fully saturated rings. The molecule has 0 bridgehead atoms. The van der Waals surface area contributed by atoms with Crippen LogP contribution in [0.4, 0.5) is 5.82 Å². The lowest BCUT2D eigenvalue weighted by atomic mass is 10.2. The molecule has 0 spiro atoms. The van der Waals surface area contributed by atoms with Crippen LogP contribution in [0, 0.1) is 6.92 Å². The first-order chi connectivity index (χ1) is 14.0. The Hall–Kier alpha value is -1.73. The molecule has 4 rings (SSSR count). The second-order valence-electron chi connectivity index (χ2n) is 8.14. The summed E-state index contributed by atoms with van der Waals surface area (Å²) in [6.45, 7) is 11.7. The number of hydrogen-bond donors (Lipinski definition) is 0.